The average Bonchev–Trinajstić information content (AvgIpc) is 2.50. The third-order valence-electron chi connectivity index (χ3n) is 4.38. The van der Waals surface area contributed by atoms with Crippen LogP contribution in [0.15, 0.2) is 30.3 Å². The molecular weight excluding hydrogens is 262 g/mol. The largest absolute Gasteiger partial charge is 0.373 e. The Morgan fingerprint density at radius 3 is 2.71 bits per heavy atom. The van der Waals surface area contributed by atoms with Crippen LogP contribution in [0, 0.1) is 5.92 Å². The topological polar surface area (TPSA) is 58.4 Å². The van der Waals surface area contributed by atoms with E-state index < -0.39 is 0 Å². The molecule has 1 aromatic carbocycles. The fourth-order valence-corrected chi connectivity index (χ4v) is 2.97. The van der Waals surface area contributed by atoms with Gasteiger partial charge < -0.3 is 16.0 Å². The lowest BCUT2D eigenvalue weighted by Crippen LogP contribution is -2.38. The van der Waals surface area contributed by atoms with Gasteiger partial charge in [-0.1, -0.05) is 31.0 Å². The summed E-state index contributed by atoms with van der Waals surface area (Å²) >= 11 is 0. The number of likely N-dealkylation sites (N-methyl/N-ethyl adjacent to an activating group) is 1. The summed E-state index contributed by atoms with van der Waals surface area (Å²) in [6.45, 7) is 1.48. The van der Waals surface area contributed by atoms with Gasteiger partial charge in [0.15, 0.2) is 0 Å². The predicted molar refractivity (Wildman–Crippen MR) is 87.3 cm³/mol. The molecule has 4 heteroatoms. The number of carbonyl (C=O) groups excluding carboxylic acids is 1. The second-order valence-corrected chi connectivity index (χ2v) is 6.02. The molecule has 4 nitrogen and oxygen atoms in total. The Kier molecular flexibility index (Phi) is 6.05. The molecule has 2 unspecified atom stereocenters. The molecule has 1 aliphatic rings. The van der Waals surface area contributed by atoms with Crippen molar-refractivity contribution in [2.45, 2.75) is 38.1 Å². The molecule has 0 heterocycles. The van der Waals surface area contributed by atoms with E-state index in [1.54, 1.807) is 0 Å². The van der Waals surface area contributed by atoms with Gasteiger partial charge in [0.2, 0.25) is 5.91 Å². The first-order valence-electron chi connectivity index (χ1n) is 7.95. The minimum Gasteiger partial charge on any atom is -0.373 e. The molecular formula is C17H27N3O. The van der Waals surface area contributed by atoms with Gasteiger partial charge in [-0.05, 0) is 30.9 Å². The van der Waals surface area contributed by atoms with E-state index in [1.165, 1.54) is 18.5 Å². The first-order valence-corrected chi connectivity index (χ1v) is 7.95. The maximum Gasteiger partial charge on any atom is 0.220 e. The van der Waals surface area contributed by atoms with Gasteiger partial charge in [0, 0.05) is 38.3 Å². The van der Waals surface area contributed by atoms with Crippen molar-refractivity contribution in [2.24, 2.45) is 11.7 Å². The summed E-state index contributed by atoms with van der Waals surface area (Å²) in [7, 11) is 2.04. The Bertz CT molecular complexity index is 435. The van der Waals surface area contributed by atoms with Crippen LogP contribution in [0.25, 0.3) is 0 Å². The van der Waals surface area contributed by atoms with E-state index in [4.69, 9.17) is 5.73 Å². The van der Waals surface area contributed by atoms with E-state index in [9.17, 15) is 4.79 Å². The van der Waals surface area contributed by atoms with Crippen LogP contribution in [-0.2, 0) is 4.79 Å². The first kappa shape index (κ1) is 15.8. The zero-order valence-corrected chi connectivity index (χ0v) is 12.9. The smallest absolute Gasteiger partial charge is 0.220 e. The van der Waals surface area contributed by atoms with Crippen LogP contribution < -0.4 is 16.0 Å². The Labute approximate surface area is 127 Å². The maximum absolute atomic E-state index is 12.0. The normalized spacial score (nSPS) is 21.8. The minimum atomic E-state index is 0.138. The zero-order chi connectivity index (χ0) is 15.1. The van der Waals surface area contributed by atoms with Gasteiger partial charge in [-0.3, -0.25) is 4.79 Å². The van der Waals surface area contributed by atoms with Crippen LogP contribution in [0.1, 0.15) is 32.1 Å². The summed E-state index contributed by atoms with van der Waals surface area (Å²) in [5, 5.41) is 3.02. The van der Waals surface area contributed by atoms with Gasteiger partial charge in [-0.15, -0.1) is 0 Å². The van der Waals surface area contributed by atoms with Crippen molar-refractivity contribution in [1.29, 1.82) is 0 Å². The van der Waals surface area contributed by atoms with Crippen molar-refractivity contribution in [1.82, 2.24) is 5.32 Å². The third kappa shape index (κ3) is 5.05. The molecule has 116 valence electrons. The second kappa shape index (κ2) is 8.03. The quantitative estimate of drug-likeness (QED) is 0.843. The number of nitrogens with zero attached hydrogens (tertiary/aromatic N) is 1. The van der Waals surface area contributed by atoms with Crippen LogP contribution in [0.2, 0.25) is 0 Å². The van der Waals surface area contributed by atoms with Crippen molar-refractivity contribution in [3.63, 3.8) is 0 Å². The summed E-state index contributed by atoms with van der Waals surface area (Å²) in [4.78, 5) is 14.1. The lowest BCUT2D eigenvalue weighted by molar-refractivity contribution is -0.122. The molecule has 0 aromatic heterocycles. The lowest BCUT2D eigenvalue weighted by atomic mass is 9.83. The molecule has 0 radical (unpaired) electrons. The summed E-state index contributed by atoms with van der Waals surface area (Å²) in [6, 6.07) is 10.4. The van der Waals surface area contributed by atoms with Crippen molar-refractivity contribution >= 4 is 11.6 Å². The summed E-state index contributed by atoms with van der Waals surface area (Å²) in [5.41, 5.74) is 7.26. The van der Waals surface area contributed by atoms with Gasteiger partial charge in [0.25, 0.3) is 0 Å². The molecule has 0 bridgehead atoms. The van der Waals surface area contributed by atoms with Crippen LogP contribution >= 0.6 is 0 Å². The van der Waals surface area contributed by atoms with Gasteiger partial charge in [-0.2, -0.15) is 0 Å². The molecule has 21 heavy (non-hydrogen) atoms. The van der Waals surface area contributed by atoms with Crippen LogP contribution in [0.4, 0.5) is 5.69 Å². The standard InChI is InChI=1S/C17H27N3O/c1-20(15-8-3-2-4-9-15)12-11-19-17(21)13-14-7-5-6-10-16(14)18/h2-4,8-9,14,16H,5-7,10-13,18H2,1H3,(H,19,21). The SMILES string of the molecule is CN(CCNC(=O)CC1CCCCC1N)c1ccccc1. The van der Waals surface area contributed by atoms with Crippen LogP contribution in [0.3, 0.4) is 0 Å². The monoisotopic (exact) mass is 289 g/mol. The van der Waals surface area contributed by atoms with Crippen molar-refractivity contribution < 1.29 is 4.79 Å². The molecule has 0 spiro atoms. The molecule has 1 aromatic rings. The number of benzene rings is 1. The number of amides is 1. The van der Waals surface area contributed by atoms with Gasteiger partial charge in [0.1, 0.15) is 0 Å². The molecule has 0 aliphatic heterocycles. The Morgan fingerprint density at radius 1 is 1.29 bits per heavy atom. The number of hydrogen-bond acceptors (Lipinski definition) is 3. The van der Waals surface area contributed by atoms with E-state index >= 15 is 0 Å². The molecule has 1 saturated carbocycles. The van der Waals surface area contributed by atoms with E-state index in [-0.39, 0.29) is 11.9 Å². The number of rotatable bonds is 6. The highest BCUT2D eigenvalue weighted by atomic mass is 16.1. The van der Waals surface area contributed by atoms with Crippen molar-refractivity contribution in [3.8, 4) is 0 Å². The van der Waals surface area contributed by atoms with Crippen molar-refractivity contribution in [2.75, 3.05) is 25.0 Å². The number of nitrogens with two attached hydrogens (primary N) is 1. The van der Waals surface area contributed by atoms with E-state index in [0.29, 0.717) is 18.9 Å². The van der Waals surface area contributed by atoms with Crippen molar-refractivity contribution in [3.05, 3.63) is 30.3 Å². The van der Waals surface area contributed by atoms with E-state index in [1.807, 2.05) is 25.2 Å². The molecule has 1 aliphatic carbocycles. The van der Waals surface area contributed by atoms with E-state index in [0.717, 1.165) is 19.4 Å². The lowest BCUT2D eigenvalue weighted by Gasteiger charge is -2.28. The minimum absolute atomic E-state index is 0.138. The van der Waals surface area contributed by atoms with E-state index in [2.05, 4.69) is 22.3 Å². The Hall–Kier alpha value is -1.55. The molecule has 1 fully saturated rings. The molecule has 2 atom stereocenters. The summed E-state index contributed by atoms with van der Waals surface area (Å²) in [6.07, 6.45) is 5.16. The fourth-order valence-electron chi connectivity index (χ4n) is 2.97. The highest BCUT2D eigenvalue weighted by molar-refractivity contribution is 5.76. The zero-order valence-electron chi connectivity index (χ0n) is 12.9. The molecule has 2 rings (SSSR count). The Morgan fingerprint density at radius 2 is 2.00 bits per heavy atom. The number of anilines is 1. The number of carbonyl (C=O) groups is 1. The maximum atomic E-state index is 12.0. The molecule has 1 amide bonds. The van der Waals surface area contributed by atoms with Gasteiger partial charge in [0.05, 0.1) is 0 Å². The highest BCUT2D eigenvalue weighted by Gasteiger charge is 2.23. The summed E-state index contributed by atoms with van der Waals surface area (Å²) < 4.78 is 0. The second-order valence-electron chi connectivity index (χ2n) is 6.02. The van der Waals surface area contributed by atoms with Gasteiger partial charge in [-0.25, -0.2) is 0 Å². The third-order valence-corrected chi connectivity index (χ3v) is 4.38. The van der Waals surface area contributed by atoms with Crippen LogP contribution in [0.5, 0.6) is 0 Å². The predicted octanol–water partition coefficient (Wildman–Crippen LogP) is 2.15. The highest BCUT2D eigenvalue weighted by Crippen LogP contribution is 2.25. The summed E-state index contributed by atoms with van der Waals surface area (Å²) in [5.74, 6) is 0.504. The molecule has 3 N–H and O–H groups in total. The number of hydrogen-bond donors (Lipinski definition) is 2. The average molecular weight is 289 g/mol. The number of para-hydroxylation sites is 1. The molecule has 0 saturated heterocycles. The van der Waals surface area contributed by atoms with Gasteiger partial charge >= 0.3 is 0 Å². The van der Waals surface area contributed by atoms with Crippen LogP contribution in [-0.4, -0.2) is 32.1 Å². The fraction of sp³-hybridized carbons (Fsp3) is 0.588. The number of nitrogens with one attached hydrogen (secondary N) is 1. The first-order chi connectivity index (χ1) is 10.2. The Balaban J connectivity index is 1.67.